The van der Waals surface area contributed by atoms with Crippen molar-refractivity contribution in [3.8, 4) is 0 Å². The highest BCUT2D eigenvalue weighted by Crippen LogP contribution is 2.20. The van der Waals surface area contributed by atoms with Crippen LogP contribution in [0.15, 0.2) is 24.3 Å². The Labute approximate surface area is 163 Å². The van der Waals surface area contributed by atoms with Crippen LogP contribution >= 0.6 is 23.4 Å². The molecule has 2 fully saturated rings. The second kappa shape index (κ2) is 9.60. The summed E-state index contributed by atoms with van der Waals surface area (Å²) in [7, 11) is 0. The Kier molecular flexibility index (Phi) is 7.19. The summed E-state index contributed by atoms with van der Waals surface area (Å²) < 4.78 is 0. The van der Waals surface area contributed by atoms with Crippen LogP contribution in [-0.4, -0.2) is 78.4 Å². The smallest absolute Gasteiger partial charge is 0.238 e. The first-order valence-electron chi connectivity index (χ1n) is 8.97. The third-order valence-corrected chi connectivity index (χ3v) is 6.12. The molecule has 1 unspecified atom stereocenters. The summed E-state index contributed by atoms with van der Waals surface area (Å²) in [6.07, 6.45) is 0.569. The van der Waals surface area contributed by atoms with Crippen molar-refractivity contribution in [3.63, 3.8) is 0 Å². The van der Waals surface area contributed by atoms with E-state index in [1.165, 1.54) is 0 Å². The van der Waals surface area contributed by atoms with Gasteiger partial charge in [0.2, 0.25) is 11.8 Å². The average Bonchev–Trinajstić information content (AvgIpc) is 2.65. The van der Waals surface area contributed by atoms with Gasteiger partial charge in [0.15, 0.2) is 0 Å². The molecule has 2 heterocycles. The number of nitrogens with zero attached hydrogens (tertiary/aromatic N) is 2. The van der Waals surface area contributed by atoms with Crippen molar-refractivity contribution < 1.29 is 9.59 Å². The van der Waals surface area contributed by atoms with Crippen molar-refractivity contribution in [2.45, 2.75) is 12.5 Å². The van der Waals surface area contributed by atoms with Gasteiger partial charge in [0.25, 0.3) is 0 Å². The van der Waals surface area contributed by atoms with Crippen LogP contribution in [0.5, 0.6) is 0 Å². The second-order valence-corrected chi connectivity index (χ2v) is 8.17. The number of nitrogens with one attached hydrogen (secondary N) is 2. The van der Waals surface area contributed by atoms with Crippen molar-refractivity contribution in [2.75, 3.05) is 56.1 Å². The van der Waals surface area contributed by atoms with Crippen LogP contribution in [-0.2, 0) is 9.59 Å². The maximum absolute atomic E-state index is 12.4. The van der Waals surface area contributed by atoms with Crippen LogP contribution in [0, 0.1) is 0 Å². The monoisotopic (exact) mass is 396 g/mol. The molecular formula is C18H25ClN4O2S. The summed E-state index contributed by atoms with van der Waals surface area (Å²) in [5.41, 5.74) is 0.630. The van der Waals surface area contributed by atoms with Gasteiger partial charge >= 0.3 is 0 Å². The van der Waals surface area contributed by atoms with Crippen molar-refractivity contribution >= 4 is 40.9 Å². The molecule has 0 spiro atoms. The molecule has 2 aliphatic heterocycles. The molecule has 142 valence electrons. The number of thioether (sulfide) groups is 1. The number of hydrogen-bond donors (Lipinski definition) is 2. The molecule has 1 aromatic carbocycles. The SMILES string of the molecule is O=C(CN1CCN(C(=O)CC2CSCCN2)CC1)Nc1ccccc1Cl. The summed E-state index contributed by atoms with van der Waals surface area (Å²) >= 11 is 7.97. The Balaban J connectivity index is 1.39. The predicted octanol–water partition coefficient (Wildman–Crippen LogP) is 1.52. The van der Waals surface area contributed by atoms with Gasteiger partial charge in [-0.2, -0.15) is 11.8 Å². The van der Waals surface area contributed by atoms with Crippen LogP contribution in [0.2, 0.25) is 5.02 Å². The molecule has 0 aliphatic carbocycles. The summed E-state index contributed by atoms with van der Waals surface area (Å²) in [5.74, 6) is 2.26. The average molecular weight is 397 g/mol. The minimum absolute atomic E-state index is 0.0821. The topological polar surface area (TPSA) is 64.7 Å². The lowest BCUT2D eigenvalue weighted by atomic mass is 10.2. The predicted molar refractivity (Wildman–Crippen MR) is 107 cm³/mol. The highest BCUT2D eigenvalue weighted by atomic mass is 35.5. The van der Waals surface area contributed by atoms with Gasteiger partial charge in [-0.05, 0) is 12.1 Å². The van der Waals surface area contributed by atoms with Crippen LogP contribution < -0.4 is 10.6 Å². The van der Waals surface area contributed by atoms with Gasteiger partial charge in [-0.3, -0.25) is 14.5 Å². The first kappa shape index (κ1) is 19.5. The van der Waals surface area contributed by atoms with Crippen molar-refractivity contribution in [1.82, 2.24) is 15.1 Å². The minimum atomic E-state index is -0.0821. The number of carbonyl (C=O) groups excluding carboxylic acids is 2. The van der Waals surface area contributed by atoms with Crippen molar-refractivity contribution in [1.29, 1.82) is 0 Å². The number of para-hydroxylation sites is 1. The Morgan fingerprint density at radius 3 is 2.69 bits per heavy atom. The molecule has 6 nitrogen and oxygen atoms in total. The number of piperazine rings is 1. The van der Waals surface area contributed by atoms with E-state index in [9.17, 15) is 9.59 Å². The molecular weight excluding hydrogens is 372 g/mol. The Hall–Kier alpha value is -1.28. The van der Waals surface area contributed by atoms with E-state index in [1.54, 1.807) is 12.1 Å². The number of rotatable bonds is 5. The number of amides is 2. The first-order valence-corrected chi connectivity index (χ1v) is 10.5. The number of benzene rings is 1. The molecule has 0 aromatic heterocycles. The van der Waals surface area contributed by atoms with E-state index >= 15 is 0 Å². The molecule has 2 saturated heterocycles. The second-order valence-electron chi connectivity index (χ2n) is 6.62. The van der Waals surface area contributed by atoms with Gasteiger partial charge in [0.1, 0.15) is 0 Å². The highest BCUT2D eigenvalue weighted by Gasteiger charge is 2.25. The van der Waals surface area contributed by atoms with E-state index in [0.717, 1.165) is 18.1 Å². The van der Waals surface area contributed by atoms with Gasteiger partial charge in [-0.1, -0.05) is 23.7 Å². The standard InChI is InChI=1S/C18H25ClN4O2S/c19-15-3-1-2-4-16(15)21-17(24)12-22-6-8-23(9-7-22)18(25)11-14-13-26-10-5-20-14/h1-4,14,20H,5-13H2,(H,21,24). The van der Waals surface area contributed by atoms with Crippen LogP contribution in [0.3, 0.4) is 0 Å². The van der Waals surface area contributed by atoms with Gasteiger partial charge in [-0.25, -0.2) is 0 Å². The third kappa shape index (κ3) is 5.61. The number of carbonyl (C=O) groups is 2. The molecule has 0 saturated carbocycles. The van der Waals surface area contributed by atoms with E-state index in [4.69, 9.17) is 11.6 Å². The molecule has 26 heavy (non-hydrogen) atoms. The summed E-state index contributed by atoms with van der Waals surface area (Å²) in [6, 6.07) is 7.50. The third-order valence-electron chi connectivity index (χ3n) is 4.66. The fraction of sp³-hybridized carbons (Fsp3) is 0.556. The summed E-state index contributed by atoms with van der Waals surface area (Å²) in [6.45, 7) is 4.09. The van der Waals surface area contributed by atoms with E-state index in [0.29, 0.717) is 55.9 Å². The quantitative estimate of drug-likeness (QED) is 0.790. The van der Waals surface area contributed by atoms with Gasteiger partial charge in [0.05, 0.1) is 17.3 Å². The van der Waals surface area contributed by atoms with Gasteiger partial charge in [0, 0.05) is 56.7 Å². The zero-order valence-electron chi connectivity index (χ0n) is 14.7. The maximum Gasteiger partial charge on any atom is 0.238 e. The highest BCUT2D eigenvalue weighted by molar-refractivity contribution is 7.99. The Morgan fingerprint density at radius 2 is 2.00 bits per heavy atom. The van der Waals surface area contributed by atoms with Crippen molar-refractivity contribution in [2.24, 2.45) is 0 Å². The molecule has 1 atom stereocenters. The van der Waals surface area contributed by atoms with E-state index in [1.807, 2.05) is 28.8 Å². The molecule has 3 rings (SSSR count). The zero-order valence-corrected chi connectivity index (χ0v) is 16.3. The number of hydrogen-bond acceptors (Lipinski definition) is 5. The summed E-state index contributed by atoms with van der Waals surface area (Å²) in [5, 5.41) is 6.78. The van der Waals surface area contributed by atoms with Crippen LogP contribution in [0.25, 0.3) is 0 Å². The lowest BCUT2D eigenvalue weighted by Gasteiger charge is -2.35. The fourth-order valence-electron chi connectivity index (χ4n) is 3.20. The zero-order chi connectivity index (χ0) is 18.4. The van der Waals surface area contributed by atoms with Crippen LogP contribution in [0.1, 0.15) is 6.42 Å². The first-order chi connectivity index (χ1) is 12.6. The summed E-state index contributed by atoms with van der Waals surface area (Å²) in [4.78, 5) is 28.6. The fourth-order valence-corrected chi connectivity index (χ4v) is 4.33. The van der Waals surface area contributed by atoms with E-state index in [2.05, 4.69) is 15.5 Å². The molecule has 1 aromatic rings. The number of halogens is 1. The minimum Gasteiger partial charge on any atom is -0.340 e. The Bertz CT molecular complexity index is 631. The molecule has 2 aliphatic rings. The van der Waals surface area contributed by atoms with E-state index < -0.39 is 0 Å². The van der Waals surface area contributed by atoms with Gasteiger partial charge < -0.3 is 15.5 Å². The van der Waals surface area contributed by atoms with E-state index in [-0.39, 0.29) is 11.8 Å². The normalized spacial score (nSPS) is 21.4. The molecule has 0 radical (unpaired) electrons. The van der Waals surface area contributed by atoms with Crippen molar-refractivity contribution in [3.05, 3.63) is 29.3 Å². The molecule has 8 heteroatoms. The number of anilines is 1. The lowest BCUT2D eigenvalue weighted by molar-refractivity contribution is -0.133. The largest absolute Gasteiger partial charge is 0.340 e. The molecule has 2 amide bonds. The molecule has 0 bridgehead atoms. The van der Waals surface area contributed by atoms with Crippen LogP contribution in [0.4, 0.5) is 5.69 Å². The van der Waals surface area contributed by atoms with Gasteiger partial charge in [-0.15, -0.1) is 0 Å². The maximum atomic E-state index is 12.4. The Morgan fingerprint density at radius 1 is 1.23 bits per heavy atom. The molecule has 2 N–H and O–H groups in total. The lowest BCUT2D eigenvalue weighted by Crippen LogP contribution is -2.52.